The van der Waals surface area contributed by atoms with Gasteiger partial charge in [-0.2, -0.15) is 0 Å². The van der Waals surface area contributed by atoms with Crippen molar-refractivity contribution in [2.45, 2.75) is 25.2 Å². The van der Waals surface area contributed by atoms with Crippen LogP contribution in [0.4, 0.5) is 4.39 Å². The topological polar surface area (TPSA) is 64.8 Å². The van der Waals surface area contributed by atoms with Crippen molar-refractivity contribution in [3.05, 3.63) is 65.5 Å². The van der Waals surface area contributed by atoms with Crippen LogP contribution in [0, 0.1) is 5.82 Å². The van der Waals surface area contributed by atoms with Crippen molar-refractivity contribution in [2.75, 3.05) is 33.9 Å². The molecule has 1 aliphatic heterocycles. The lowest BCUT2D eigenvalue weighted by Crippen LogP contribution is -2.21. The van der Waals surface area contributed by atoms with Gasteiger partial charge in [0.25, 0.3) is 0 Å². The molecule has 1 unspecified atom stereocenters. The molecule has 0 bridgehead atoms. The summed E-state index contributed by atoms with van der Waals surface area (Å²) in [6.45, 7) is 2.95. The molecule has 1 saturated heterocycles. The Morgan fingerprint density at radius 1 is 1.17 bits per heavy atom. The van der Waals surface area contributed by atoms with Gasteiger partial charge in [0.2, 0.25) is 5.91 Å². The second kappa shape index (κ2) is 10.3. The van der Waals surface area contributed by atoms with Crippen molar-refractivity contribution >= 4 is 11.5 Å². The van der Waals surface area contributed by atoms with Crippen molar-refractivity contribution in [3.8, 4) is 11.5 Å². The molecule has 6 heteroatoms. The molecule has 1 fully saturated rings. The summed E-state index contributed by atoms with van der Waals surface area (Å²) in [5.41, 5.74) is 8.30. The number of amides is 1. The normalized spacial score (nSPS) is 17.2. The maximum Gasteiger partial charge on any atom is 0.241 e. The molecular formula is C24H29FN2O3. The lowest BCUT2D eigenvalue weighted by molar-refractivity contribution is -0.113. The molecular weight excluding hydrogens is 383 g/mol. The molecule has 2 aromatic rings. The molecule has 0 saturated carbocycles. The van der Waals surface area contributed by atoms with E-state index in [1.54, 1.807) is 26.4 Å². The van der Waals surface area contributed by atoms with Gasteiger partial charge in [-0.15, -0.1) is 0 Å². The summed E-state index contributed by atoms with van der Waals surface area (Å²) in [4.78, 5) is 13.8. The fourth-order valence-electron chi connectivity index (χ4n) is 4.04. The van der Waals surface area contributed by atoms with E-state index in [0.717, 1.165) is 55.1 Å². The molecule has 2 N–H and O–H groups in total. The zero-order valence-electron chi connectivity index (χ0n) is 17.6. The fraction of sp³-hybridized carbons (Fsp3) is 0.375. The van der Waals surface area contributed by atoms with E-state index in [1.165, 1.54) is 23.8 Å². The lowest BCUT2D eigenvalue weighted by atomic mass is 9.98. The maximum absolute atomic E-state index is 13.2. The third kappa shape index (κ3) is 5.60. The molecule has 0 spiro atoms. The number of likely N-dealkylation sites (tertiary alicyclic amines) is 1. The largest absolute Gasteiger partial charge is 0.493 e. The SMILES string of the molecule is COc1ccc(C2CCN(CCCC(=CC(N)=O)c3ccc(F)cc3)C2)cc1OC. The summed E-state index contributed by atoms with van der Waals surface area (Å²) in [6, 6.07) is 12.3. The Labute approximate surface area is 177 Å². The highest BCUT2D eigenvalue weighted by Crippen LogP contribution is 2.34. The molecule has 0 aliphatic carbocycles. The molecule has 1 amide bonds. The minimum Gasteiger partial charge on any atom is -0.493 e. The highest BCUT2D eigenvalue weighted by Gasteiger charge is 2.24. The minimum atomic E-state index is -0.482. The Morgan fingerprint density at radius 2 is 1.90 bits per heavy atom. The predicted octanol–water partition coefficient (Wildman–Crippen LogP) is 3.98. The van der Waals surface area contributed by atoms with E-state index in [4.69, 9.17) is 15.2 Å². The second-order valence-corrected chi connectivity index (χ2v) is 7.58. The molecule has 160 valence electrons. The molecule has 5 nitrogen and oxygen atoms in total. The smallest absolute Gasteiger partial charge is 0.241 e. The van der Waals surface area contributed by atoms with E-state index in [0.29, 0.717) is 12.3 Å². The molecule has 0 aromatic heterocycles. The number of hydrogen-bond donors (Lipinski definition) is 1. The Hall–Kier alpha value is -2.86. The Bertz CT molecular complexity index is 896. The van der Waals surface area contributed by atoms with Gasteiger partial charge in [0.1, 0.15) is 5.82 Å². The third-order valence-corrected chi connectivity index (χ3v) is 5.60. The van der Waals surface area contributed by atoms with Crippen molar-refractivity contribution in [1.82, 2.24) is 4.90 Å². The zero-order chi connectivity index (χ0) is 21.5. The standard InChI is InChI=1S/C24H29FN2O3/c1-29-22-10-7-19(14-23(22)30-2)20-11-13-27(16-20)12-3-4-18(15-24(26)28)17-5-8-21(25)9-6-17/h5-10,14-15,20H,3-4,11-13,16H2,1-2H3,(H2,26,28). The number of primary amides is 1. The third-order valence-electron chi connectivity index (χ3n) is 5.60. The average molecular weight is 413 g/mol. The molecule has 3 rings (SSSR count). The van der Waals surface area contributed by atoms with E-state index in [1.807, 2.05) is 6.07 Å². The summed E-state index contributed by atoms with van der Waals surface area (Å²) in [6.07, 6.45) is 4.16. The number of benzene rings is 2. The van der Waals surface area contributed by atoms with Gasteiger partial charge < -0.3 is 20.1 Å². The van der Waals surface area contributed by atoms with Gasteiger partial charge in [-0.3, -0.25) is 4.79 Å². The van der Waals surface area contributed by atoms with Crippen LogP contribution in [0.1, 0.15) is 36.3 Å². The van der Waals surface area contributed by atoms with Crippen LogP contribution in [-0.2, 0) is 4.79 Å². The highest BCUT2D eigenvalue weighted by molar-refractivity contribution is 5.94. The van der Waals surface area contributed by atoms with Gasteiger partial charge in [-0.1, -0.05) is 18.2 Å². The first-order valence-corrected chi connectivity index (χ1v) is 10.2. The van der Waals surface area contributed by atoms with Crippen LogP contribution in [0.25, 0.3) is 5.57 Å². The average Bonchev–Trinajstić information content (AvgIpc) is 3.21. The van der Waals surface area contributed by atoms with E-state index < -0.39 is 5.91 Å². The first-order chi connectivity index (χ1) is 14.5. The molecule has 1 aliphatic rings. The highest BCUT2D eigenvalue weighted by atomic mass is 19.1. The zero-order valence-corrected chi connectivity index (χ0v) is 17.6. The number of carbonyl (C=O) groups excluding carboxylic acids is 1. The monoisotopic (exact) mass is 412 g/mol. The first kappa shape index (κ1) is 21.8. The van der Waals surface area contributed by atoms with Crippen LogP contribution in [0.3, 0.4) is 0 Å². The van der Waals surface area contributed by atoms with Gasteiger partial charge in [0.05, 0.1) is 14.2 Å². The first-order valence-electron chi connectivity index (χ1n) is 10.2. The summed E-state index contributed by atoms with van der Waals surface area (Å²) in [5.74, 6) is 1.18. The number of halogens is 1. The van der Waals surface area contributed by atoms with Crippen LogP contribution in [0.5, 0.6) is 11.5 Å². The van der Waals surface area contributed by atoms with Gasteiger partial charge in [-0.25, -0.2) is 4.39 Å². The summed E-state index contributed by atoms with van der Waals surface area (Å²) < 4.78 is 24.0. The van der Waals surface area contributed by atoms with E-state index in [-0.39, 0.29) is 5.82 Å². The van der Waals surface area contributed by atoms with Gasteiger partial charge in [0, 0.05) is 12.6 Å². The lowest BCUT2D eigenvalue weighted by Gasteiger charge is -2.17. The van der Waals surface area contributed by atoms with Crippen LogP contribution < -0.4 is 15.2 Å². The Kier molecular flexibility index (Phi) is 7.46. The molecule has 1 atom stereocenters. The predicted molar refractivity (Wildman–Crippen MR) is 116 cm³/mol. The van der Waals surface area contributed by atoms with Gasteiger partial charge in [0.15, 0.2) is 11.5 Å². The fourth-order valence-corrected chi connectivity index (χ4v) is 4.04. The van der Waals surface area contributed by atoms with Crippen LogP contribution >= 0.6 is 0 Å². The summed E-state index contributed by atoms with van der Waals surface area (Å²) >= 11 is 0. The quantitative estimate of drug-likeness (QED) is 0.633. The molecule has 2 aromatic carbocycles. The van der Waals surface area contributed by atoms with Crippen molar-refractivity contribution < 1.29 is 18.7 Å². The summed E-state index contributed by atoms with van der Waals surface area (Å²) in [7, 11) is 3.29. The van der Waals surface area contributed by atoms with Crippen LogP contribution in [-0.4, -0.2) is 44.7 Å². The van der Waals surface area contributed by atoms with Crippen molar-refractivity contribution in [1.29, 1.82) is 0 Å². The molecule has 1 heterocycles. The van der Waals surface area contributed by atoms with Crippen LogP contribution in [0.2, 0.25) is 0 Å². The number of ether oxygens (including phenoxy) is 2. The van der Waals surface area contributed by atoms with E-state index in [9.17, 15) is 9.18 Å². The molecule has 0 radical (unpaired) electrons. The molecule has 30 heavy (non-hydrogen) atoms. The number of nitrogens with zero attached hydrogens (tertiary/aromatic N) is 1. The van der Waals surface area contributed by atoms with Crippen molar-refractivity contribution in [3.63, 3.8) is 0 Å². The van der Waals surface area contributed by atoms with Gasteiger partial charge in [-0.05, 0) is 79.2 Å². The number of nitrogens with two attached hydrogens (primary N) is 1. The number of methoxy groups -OCH3 is 2. The minimum absolute atomic E-state index is 0.296. The number of carbonyl (C=O) groups is 1. The number of rotatable bonds is 9. The van der Waals surface area contributed by atoms with Crippen LogP contribution in [0.15, 0.2) is 48.5 Å². The Balaban J connectivity index is 1.56. The van der Waals surface area contributed by atoms with Gasteiger partial charge >= 0.3 is 0 Å². The number of hydrogen-bond acceptors (Lipinski definition) is 4. The van der Waals surface area contributed by atoms with Crippen molar-refractivity contribution in [2.24, 2.45) is 5.73 Å². The van der Waals surface area contributed by atoms with E-state index >= 15 is 0 Å². The number of allylic oxidation sites excluding steroid dienone is 1. The Morgan fingerprint density at radius 3 is 2.57 bits per heavy atom. The summed E-state index contributed by atoms with van der Waals surface area (Å²) in [5, 5.41) is 0. The second-order valence-electron chi connectivity index (χ2n) is 7.58. The van der Waals surface area contributed by atoms with E-state index in [2.05, 4.69) is 17.0 Å². The maximum atomic E-state index is 13.2.